The maximum Gasteiger partial charge on any atom is 0.387 e. The maximum atomic E-state index is 12.2. The lowest BCUT2D eigenvalue weighted by molar-refractivity contribution is -0.139. The molecule has 1 heterocycles. The van der Waals surface area contributed by atoms with Crippen LogP contribution >= 0.6 is 0 Å². The second-order valence-electron chi connectivity index (χ2n) is 5.43. The summed E-state index contributed by atoms with van der Waals surface area (Å²) in [5.41, 5.74) is 0.525. The van der Waals surface area contributed by atoms with E-state index in [2.05, 4.69) is 10.1 Å². The number of ether oxygens (including phenoxy) is 2. The fourth-order valence-corrected chi connectivity index (χ4v) is 2.43. The van der Waals surface area contributed by atoms with Crippen LogP contribution in [-0.2, 0) is 20.7 Å². The number of hydrogen-bond donors (Lipinski definition) is 1. The third-order valence-electron chi connectivity index (χ3n) is 3.56. The van der Waals surface area contributed by atoms with Crippen LogP contribution in [0.2, 0.25) is 0 Å². The molecule has 0 bridgehead atoms. The van der Waals surface area contributed by atoms with Crippen LogP contribution in [0.3, 0.4) is 0 Å². The molecule has 0 aromatic heterocycles. The largest absolute Gasteiger partial charge is 0.435 e. The van der Waals surface area contributed by atoms with Gasteiger partial charge in [-0.05, 0) is 24.6 Å². The van der Waals surface area contributed by atoms with Gasteiger partial charge in [0.15, 0.2) is 0 Å². The zero-order valence-electron chi connectivity index (χ0n) is 13.3. The summed E-state index contributed by atoms with van der Waals surface area (Å²) < 4.78 is 33.9. The molecule has 1 fully saturated rings. The van der Waals surface area contributed by atoms with Crippen molar-refractivity contribution < 1.29 is 27.8 Å². The molecule has 0 aliphatic carbocycles. The van der Waals surface area contributed by atoms with Crippen molar-refractivity contribution in [3.05, 3.63) is 29.8 Å². The van der Waals surface area contributed by atoms with E-state index in [-0.39, 0.29) is 24.0 Å². The number of morpholine rings is 1. The molecule has 1 aliphatic heterocycles. The van der Waals surface area contributed by atoms with Crippen LogP contribution < -0.4 is 10.1 Å². The van der Waals surface area contributed by atoms with E-state index in [1.165, 1.54) is 18.2 Å². The Kier molecular flexibility index (Phi) is 6.48. The average Bonchev–Trinajstić information content (AvgIpc) is 2.54. The van der Waals surface area contributed by atoms with E-state index in [9.17, 15) is 18.4 Å². The summed E-state index contributed by atoms with van der Waals surface area (Å²) in [5.74, 6) is -0.535. The number of nitrogens with zero attached hydrogens (tertiary/aromatic N) is 1. The second kappa shape index (κ2) is 8.58. The topological polar surface area (TPSA) is 67.9 Å². The molecule has 1 aromatic rings. The lowest BCUT2D eigenvalue weighted by atomic mass is 10.1. The first kappa shape index (κ1) is 18.1. The first-order valence-corrected chi connectivity index (χ1v) is 7.65. The highest BCUT2D eigenvalue weighted by molar-refractivity contribution is 5.88. The molecule has 0 radical (unpaired) electrons. The van der Waals surface area contributed by atoms with Crippen molar-refractivity contribution in [3.63, 3.8) is 0 Å². The Morgan fingerprint density at radius 3 is 2.71 bits per heavy atom. The molecule has 0 saturated carbocycles. The first-order chi connectivity index (χ1) is 11.5. The number of amides is 2. The van der Waals surface area contributed by atoms with Gasteiger partial charge in [-0.1, -0.05) is 12.1 Å². The number of hydrogen-bond acceptors (Lipinski definition) is 4. The van der Waals surface area contributed by atoms with E-state index in [1.807, 2.05) is 0 Å². The van der Waals surface area contributed by atoms with Gasteiger partial charge < -0.3 is 19.7 Å². The molecule has 0 spiro atoms. The standard InChI is InChI=1S/C16H20F2N2O4/c1-11(15(22)20-5-7-23-8-6-20)19-14(21)10-12-3-2-4-13(9-12)24-16(17)18/h2-4,9,11,16H,5-8,10H2,1H3,(H,19,21)/t11-/m1/s1. The molecule has 0 unspecified atom stereocenters. The Morgan fingerprint density at radius 1 is 1.33 bits per heavy atom. The lowest BCUT2D eigenvalue weighted by Crippen LogP contribution is -2.50. The Hall–Kier alpha value is -2.22. The molecule has 132 valence electrons. The summed E-state index contributed by atoms with van der Waals surface area (Å²) in [6.07, 6.45) is -0.0266. The molecule has 2 amide bonds. The minimum atomic E-state index is -2.92. The van der Waals surface area contributed by atoms with Crippen molar-refractivity contribution in [2.24, 2.45) is 0 Å². The molecule has 1 saturated heterocycles. The van der Waals surface area contributed by atoms with Crippen LogP contribution in [-0.4, -0.2) is 55.7 Å². The van der Waals surface area contributed by atoms with E-state index < -0.39 is 12.7 Å². The number of alkyl halides is 2. The fraction of sp³-hybridized carbons (Fsp3) is 0.500. The molecule has 6 nitrogen and oxygen atoms in total. The average molecular weight is 342 g/mol. The molecule has 8 heteroatoms. The van der Waals surface area contributed by atoms with Crippen LogP contribution in [0.25, 0.3) is 0 Å². The van der Waals surface area contributed by atoms with Gasteiger partial charge in [-0.15, -0.1) is 0 Å². The van der Waals surface area contributed by atoms with Crippen molar-refractivity contribution >= 4 is 11.8 Å². The number of nitrogens with one attached hydrogen (secondary N) is 1. The maximum absolute atomic E-state index is 12.2. The van der Waals surface area contributed by atoms with Gasteiger partial charge in [0, 0.05) is 13.1 Å². The van der Waals surface area contributed by atoms with Gasteiger partial charge in [-0.2, -0.15) is 8.78 Å². The van der Waals surface area contributed by atoms with Crippen LogP contribution in [0.5, 0.6) is 5.75 Å². The molecule has 2 rings (SSSR count). The minimum absolute atomic E-state index is 0.00672. The predicted molar refractivity (Wildman–Crippen MR) is 81.8 cm³/mol. The SMILES string of the molecule is C[C@@H](NC(=O)Cc1cccc(OC(F)F)c1)C(=O)N1CCOCC1. The summed E-state index contributed by atoms with van der Waals surface area (Å²) in [4.78, 5) is 25.9. The Balaban J connectivity index is 1.86. The van der Waals surface area contributed by atoms with Gasteiger partial charge in [-0.3, -0.25) is 9.59 Å². The van der Waals surface area contributed by atoms with Crippen molar-refractivity contribution in [3.8, 4) is 5.75 Å². The zero-order valence-corrected chi connectivity index (χ0v) is 13.3. The summed E-state index contributed by atoms with van der Waals surface area (Å²) in [6, 6.07) is 5.27. The van der Waals surface area contributed by atoms with Crippen LogP contribution in [0.1, 0.15) is 12.5 Å². The zero-order chi connectivity index (χ0) is 17.5. The van der Waals surface area contributed by atoms with Gasteiger partial charge in [0.05, 0.1) is 19.6 Å². The highest BCUT2D eigenvalue weighted by Gasteiger charge is 2.23. The molecular weight excluding hydrogens is 322 g/mol. The van der Waals surface area contributed by atoms with E-state index in [4.69, 9.17) is 4.74 Å². The summed E-state index contributed by atoms with van der Waals surface area (Å²) in [6.45, 7) is 0.692. The van der Waals surface area contributed by atoms with E-state index in [0.717, 1.165) is 0 Å². The van der Waals surface area contributed by atoms with Crippen molar-refractivity contribution in [2.45, 2.75) is 26.0 Å². The monoisotopic (exact) mass is 342 g/mol. The molecule has 24 heavy (non-hydrogen) atoms. The first-order valence-electron chi connectivity index (χ1n) is 7.65. The van der Waals surface area contributed by atoms with E-state index in [1.54, 1.807) is 17.9 Å². The van der Waals surface area contributed by atoms with Crippen LogP contribution in [0.15, 0.2) is 24.3 Å². The Labute approximate surface area is 138 Å². The third kappa shape index (κ3) is 5.45. The van der Waals surface area contributed by atoms with Crippen molar-refractivity contribution in [1.82, 2.24) is 10.2 Å². The predicted octanol–water partition coefficient (Wildman–Crippen LogP) is 1.19. The fourth-order valence-electron chi connectivity index (χ4n) is 2.43. The van der Waals surface area contributed by atoms with Gasteiger partial charge in [0.2, 0.25) is 11.8 Å². The molecule has 1 atom stereocenters. The van der Waals surface area contributed by atoms with Crippen LogP contribution in [0.4, 0.5) is 8.78 Å². The Morgan fingerprint density at radius 2 is 2.04 bits per heavy atom. The molecule has 1 aromatic carbocycles. The van der Waals surface area contributed by atoms with Gasteiger partial charge in [0.1, 0.15) is 11.8 Å². The third-order valence-corrected chi connectivity index (χ3v) is 3.56. The molecule has 1 aliphatic rings. The number of rotatable bonds is 6. The number of halogens is 2. The minimum Gasteiger partial charge on any atom is -0.435 e. The Bertz CT molecular complexity index is 577. The summed E-state index contributed by atoms with van der Waals surface area (Å²) in [7, 11) is 0. The number of carbonyl (C=O) groups excluding carboxylic acids is 2. The normalized spacial score (nSPS) is 15.9. The second-order valence-corrected chi connectivity index (χ2v) is 5.43. The summed E-state index contributed by atoms with van der Waals surface area (Å²) in [5, 5.41) is 2.63. The van der Waals surface area contributed by atoms with Crippen molar-refractivity contribution in [1.29, 1.82) is 0 Å². The smallest absolute Gasteiger partial charge is 0.387 e. The van der Waals surface area contributed by atoms with Gasteiger partial charge >= 0.3 is 6.61 Å². The number of carbonyl (C=O) groups is 2. The van der Waals surface area contributed by atoms with E-state index in [0.29, 0.717) is 31.9 Å². The lowest BCUT2D eigenvalue weighted by Gasteiger charge is -2.29. The summed E-state index contributed by atoms with van der Waals surface area (Å²) >= 11 is 0. The van der Waals surface area contributed by atoms with Gasteiger partial charge in [0.25, 0.3) is 0 Å². The van der Waals surface area contributed by atoms with Gasteiger partial charge in [-0.25, -0.2) is 0 Å². The quantitative estimate of drug-likeness (QED) is 0.843. The van der Waals surface area contributed by atoms with Crippen molar-refractivity contribution in [2.75, 3.05) is 26.3 Å². The highest BCUT2D eigenvalue weighted by Crippen LogP contribution is 2.16. The highest BCUT2D eigenvalue weighted by atomic mass is 19.3. The van der Waals surface area contributed by atoms with E-state index >= 15 is 0 Å². The number of benzene rings is 1. The van der Waals surface area contributed by atoms with Crippen LogP contribution in [0, 0.1) is 0 Å². The molecular formula is C16H20F2N2O4. The molecule has 1 N–H and O–H groups in total.